The molecule has 1 heterocycles. The van der Waals surface area contributed by atoms with Crippen LogP contribution in [-0.4, -0.2) is 61.0 Å². The van der Waals surface area contributed by atoms with E-state index >= 15 is 0 Å². The van der Waals surface area contributed by atoms with Crippen LogP contribution >= 0.6 is 0 Å². The molecular weight excluding hydrogens is 472 g/mol. The van der Waals surface area contributed by atoms with Crippen LogP contribution < -0.4 is 10.1 Å². The number of nitrogens with zero attached hydrogens (tertiary/aromatic N) is 1. The maximum Gasteiger partial charge on any atom is 0.409 e. The lowest BCUT2D eigenvalue weighted by molar-refractivity contribution is -0.144. The molecule has 1 unspecified atom stereocenters. The Balaban J connectivity index is 1.72. The Labute approximate surface area is 218 Å². The molecule has 2 aliphatic rings. The molecule has 1 saturated carbocycles. The summed E-state index contributed by atoms with van der Waals surface area (Å²) in [6.45, 7) is 5.00. The minimum Gasteiger partial charge on any atom is -0.497 e. The lowest BCUT2D eigenvalue weighted by Gasteiger charge is -2.40. The van der Waals surface area contributed by atoms with E-state index in [9.17, 15) is 14.7 Å². The number of likely N-dealkylation sites (tertiary alicyclic amines) is 1. The van der Waals surface area contributed by atoms with E-state index in [1.807, 2.05) is 38.1 Å². The highest BCUT2D eigenvalue weighted by atomic mass is 16.5. The summed E-state index contributed by atoms with van der Waals surface area (Å²) in [6.07, 6.45) is 5.19. The number of amides is 1. The number of hydrogen-bond donors (Lipinski definition) is 2. The second-order valence-electron chi connectivity index (χ2n) is 10.3. The lowest BCUT2D eigenvalue weighted by atomic mass is 9.87. The van der Waals surface area contributed by atoms with Gasteiger partial charge in [0.05, 0.1) is 33.5 Å². The zero-order valence-electron chi connectivity index (χ0n) is 22.3. The molecule has 2 N–H and O–H groups in total. The molecule has 1 saturated heterocycles. The molecular formula is C29H38N2O6. The highest BCUT2D eigenvalue weighted by molar-refractivity contribution is 5.85. The first-order valence-electron chi connectivity index (χ1n) is 13.0. The molecule has 2 aromatic carbocycles. The minimum atomic E-state index is -1.31. The van der Waals surface area contributed by atoms with Crippen LogP contribution in [0.4, 0.5) is 10.5 Å². The predicted octanol–water partition coefficient (Wildman–Crippen LogP) is 5.54. The monoisotopic (exact) mass is 510 g/mol. The van der Waals surface area contributed by atoms with Crippen molar-refractivity contribution >= 4 is 17.7 Å². The maximum atomic E-state index is 12.5. The zero-order chi connectivity index (χ0) is 26.6. The van der Waals surface area contributed by atoms with Crippen molar-refractivity contribution in [3.63, 3.8) is 0 Å². The van der Waals surface area contributed by atoms with Crippen molar-refractivity contribution < 1.29 is 28.9 Å². The molecule has 8 heteroatoms. The van der Waals surface area contributed by atoms with E-state index in [1.54, 1.807) is 7.11 Å². The van der Waals surface area contributed by atoms with Crippen LogP contribution in [0.3, 0.4) is 0 Å². The number of nitrogens with one attached hydrogen (secondary N) is 1. The molecule has 1 aliphatic carbocycles. The van der Waals surface area contributed by atoms with Crippen molar-refractivity contribution in [2.75, 3.05) is 32.6 Å². The number of hydrogen-bond acceptors (Lipinski definition) is 6. The van der Waals surface area contributed by atoms with E-state index < -0.39 is 17.6 Å². The predicted molar refractivity (Wildman–Crippen MR) is 142 cm³/mol. The molecule has 1 aliphatic heterocycles. The van der Waals surface area contributed by atoms with Gasteiger partial charge >= 0.3 is 12.1 Å². The van der Waals surface area contributed by atoms with Gasteiger partial charge in [0.25, 0.3) is 0 Å². The minimum absolute atomic E-state index is 0.0266. The van der Waals surface area contributed by atoms with Crippen LogP contribution in [0.25, 0.3) is 11.1 Å². The molecule has 0 radical (unpaired) electrons. The third-order valence-corrected chi connectivity index (χ3v) is 7.49. The number of aliphatic carboxylic acids is 1. The van der Waals surface area contributed by atoms with Gasteiger partial charge in [-0.15, -0.1) is 0 Å². The molecule has 200 valence electrons. The summed E-state index contributed by atoms with van der Waals surface area (Å²) in [5.74, 6) is -0.204. The summed E-state index contributed by atoms with van der Waals surface area (Å²) in [6, 6.07) is 10.1. The average molecular weight is 511 g/mol. The van der Waals surface area contributed by atoms with Crippen molar-refractivity contribution in [1.29, 1.82) is 0 Å². The Hall–Kier alpha value is -3.26. The number of aryl methyl sites for hydroxylation is 2. The molecule has 37 heavy (non-hydrogen) atoms. The number of anilines is 1. The molecule has 8 nitrogen and oxygen atoms in total. The number of piperidine rings is 1. The van der Waals surface area contributed by atoms with Crippen LogP contribution in [0.1, 0.15) is 55.2 Å². The highest BCUT2D eigenvalue weighted by Gasteiger charge is 2.44. The maximum absolute atomic E-state index is 12.5. The first kappa shape index (κ1) is 26.8. The van der Waals surface area contributed by atoms with Gasteiger partial charge < -0.3 is 29.5 Å². The number of ether oxygens (including phenoxy) is 3. The molecule has 0 aromatic heterocycles. The smallest absolute Gasteiger partial charge is 0.409 e. The summed E-state index contributed by atoms with van der Waals surface area (Å²) >= 11 is 0. The van der Waals surface area contributed by atoms with Gasteiger partial charge in [-0.3, -0.25) is 0 Å². The second-order valence-corrected chi connectivity index (χ2v) is 10.3. The Morgan fingerprint density at radius 1 is 1.08 bits per heavy atom. The largest absolute Gasteiger partial charge is 0.497 e. The van der Waals surface area contributed by atoms with Gasteiger partial charge in [0.15, 0.2) is 5.54 Å². The van der Waals surface area contributed by atoms with Crippen LogP contribution in [0.15, 0.2) is 30.3 Å². The van der Waals surface area contributed by atoms with E-state index in [-0.39, 0.29) is 12.6 Å². The third kappa shape index (κ3) is 6.01. The summed E-state index contributed by atoms with van der Waals surface area (Å²) in [4.78, 5) is 26.2. The van der Waals surface area contributed by atoms with E-state index in [1.165, 1.54) is 24.9 Å². The molecule has 2 fully saturated rings. The summed E-state index contributed by atoms with van der Waals surface area (Å²) < 4.78 is 16.7. The van der Waals surface area contributed by atoms with Gasteiger partial charge in [0.2, 0.25) is 0 Å². The first-order valence-corrected chi connectivity index (χ1v) is 13.0. The van der Waals surface area contributed by atoms with Crippen LogP contribution in [0, 0.1) is 13.8 Å². The Kier molecular flexibility index (Phi) is 8.27. The number of carbonyl (C=O) groups is 2. The third-order valence-electron chi connectivity index (χ3n) is 7.49. The fourth-order valence-corrected chi connectivity index (χ4v) is 5.68. The topological polar surface area (TPSA) is 97.3 Å². The van der Waals surface area contributed by atoms with Crippen LogP contribution in [0.2, 0.25) is 0 Å². The van der Waals surface area contributed by atoms with Crippen molar-refractivity contribution in [1.82, 2.24) is 4.90 Å². The van der Waals surface area contributed by atoms with Crippen LogP contribution in [0.5, 0.6) is 5.75 Å². The number of carbonyl (C=O) groups excluding carboxylic acids is 1. The summed E-state index contributed by atoms with van der Waals surface area (Å²) in [7, 11) is 2.97. The summed E-state index contributed by atoms with van der Waals surface area (Å²) in [5.41, 5.74) is 4.57. The number of rotatable bonds is 8. The van der Waals surface area contributed by atoms with E-state index in [0.717, 1.165) is 46.4 Å². The first-order chi connectivity index (χ1) is 17.7. The molecule has 0 spiro atoms. The lowest BCUT2D eigenvalue weighted by Crippen LogP contribution is -2.59. The molecule has 0 bridgehead atoms. The van der Waals surface area contributed by atoms with Gasteiger partial charge in [-0.2, -0.15) is 0 Å². The molecule has 2 aromatic rings. The zero-order valence-corrected chi connectivity index (χ0v) is 22.3. The highest BCUT2D eigenvalue weighted by Crippen LogP contribution is 2.36. The normalized spacial score (nSPS) is 20.1. The van der Waals surface area contributed by atoms with Crippen molar-refractivity contribution in [3.8, 4) is 16.9 Å². The number of carboxylic acids is 1. The fraction of sp³-hybridized carbons (Fsp3) is 0.517. The van der Waals surface area contributed by atoms with Gasteiger partial charge in [0.1, 0.15) is 5.75 Å². The van der Waals surface area contributed by atoms with E-state index in [0.29, 0.717) is 31.7 Å². The van der Waals surface area contributed by atoms with Gasteiger partial charge in [-0.05, 0) is 91.6 Å². The van der Waals surface area contributed by atoms with Crippen molar-refractivity contribution in [2.45, 2.75) is 70.6 Å². The van der Waals surface area contributed by atoms with Gasteiger partial charge in [-0.25, -0.2) is 9.59 Å². The SMILES string of the molecule is COC(=O)N1CCCC(Nc2cc(C)c(-c3cc(C)cc(OC)c3)c(COC3CCCC3)c2)(C(=O)O)C1. The Morgan fingerprint density at radius 3 is 2.51 bits per heavy atom. The fourth-order valence-electron chi connectivity index (χ4n) is 5.68. The Bertz CT molecular complexity index is 1140. The second kappa shape index (κ2) is 11.4. The van der Waals surface area contributed by atoms with Crippen molar-refractivity contribution in [3.05, 3.63) is 47.0 Å². The number of carboxylic acid groups (broad SMARTS) is 1. The summed E-state index contributed by atoms with van der Waals surface area (Å²) in [5, 5.41) is 13.5. The van der Waals surface area contributed by atoms with E-state index in [2.05, 4.69) is 11.4 Å². The van der Waals surface area contributed by atoms with Gasteiger partial charge in [-0.1, -0.05) is 18.9 Å². The standard InChI is InChI=1S/C29H38N2O6/c1-19-12-21(16-25(13-19)35-3)26-20(2)14-23(15-22(26)17-37-24-8-5-6-9-24)30-29(27(32)33)10-7-11-31(18-29)28(34)36-4/h12-16,24,30H,5-11,17-18H2,1-4H3,(H,32,33). The van der Waals surface area contributed by atoms with Crippen molar-refractivity contribution in [2.24, 2.45) is 0 Å². The number of benzene rings is 2. The average Bonchev–Trinajstić information content (AvgIpc) is 3.40. The van der Waals surface area contributed by atoms with Gasteiger partial charge in [0, 0.05) is 12.2 Å². The van der Waals surface area contributed by atoms with E-state index in [4.69, 9.17) is 14.2 Å². The Morgan fingerprint density at radius 2 is 1.84 bits per heavy atom. The number of methoxy groups -OCH3 is 2. The molecule has 1 amide bonds. The van der Waals surface area contributed by atoms with Crippen LogP contribution in [-0.2, 0) is 20.9 Å². The molecule has 4 rings (SSSR count). The quantitative estimate of drug-likeness (QED) is 0.481. The molecule has 1 atom stereocenters.